The first-order chi connectivity index (χ1) is 7.13. The van der Waals surface area contributed by atoms with Crippen LogP contribution in [0.3, 0.4) is 0 Å². The maximum absolute atomic E-state index is 12.5. The van der Waals surface area contributed by atoms with E-state index in [2.05, 4.69) is 9.72 Å². The Balaban J connectivity index is 2.43. The van der Waals surface area contributed by atoms with Gasteiger partial charge in [-0.1, -0.05) is 6.92 Å². The van der Waals surface area contributed by atoms with Gasteiger partial charge in [0, 0.05) is 5.75 Å². The molecule has 0 aliphatic rings. The van der Waals surface area contributed by atoms with Gasteiger partial charge in [-0.15, -0.1) is 11.8 Å². The quantitative estimate of drug-likeness (QED) is 0.585. The summed E-state index contributed by atoms with van der Waals surface area (Å²) >= 11 is 1.40. The average Bonchev–Trinajstić information content (AvgIpc) is 2.26. The van der Waals surface area contributed by atoms with Crippen molar-refractivity contribution in [2.75, 3.05) is 12.9 Å². The summed E-state index contributed by atoms with van der Waals surface area (Å²) in [6.45, 7) is 1.78. The van der Waals surface area contributed by atoms with E-state index in [1.807, 2.05) is 0 Å². The zero-order valence-electron chi connectivity index (χ0n) is 8.57. The molecule has 0 bridgehead atoms. The first-order valence-corrected chi connectivity index (χ1v) is 5.44. The fraction of sp³-hybridized carbons (Fsp3) is 0.400. The van der Waals surface area contributed by atoms with Gasteiger partial charge >= 0.3 is 5.97 Å². The molecule has 0 N–H and O–H groups in total. The summed E-state index contributed by atoms with van der Waals surface area (Å²) in [5.74, 6) is -0.220. The van der Waals surface area contributed by atoms with Crippen molar-refractivity contribution in [1.29, 1.82) is 0 Å². The second kappa shape index (κ2) is 5.70. The van der Waals surface area contributed by atoms with Crippen molar-refractivity contribution in [1.82, 2.24) is 4.98 Å². The Kier molecular flexibility index (Phi) is 4.55. The zero-order chi connectivity index (χ0) is 11.3. The number of ether oxygens (including phenoxy) is 1. The first-order valence-electron chi connectivity index (χ1n) is 4.45. The van der Waals surface area contributed by atoms with Crippen molar-refractivity contribution >= 4 is 17.7 Å². The number of carbonyl (C=O) groups excluding carboxylic acids is 1. The minimum atomic E-state index is -0.361. The molecule has 82 valence electrons. The van der Waals surface area contributed by atoms with Crippen LogP contribution in [0.1, 0.15) is 6.92 Å². The van der Waals surface area contributed by atoms with Gasteiger partial charge in [0.25, 0.3) is 0 Å². The Morgan fingerprint density at radius 3 is 2.93 bits per heavy atom. The number of carbonyl (C=O) groups is 1. The Morgan fingerprint density at radius 2 is 2.40 bits per heavy atom. The summed E-state index contributed by atoms with van der Waals surface area (Å²) in [5, 5.41) is 0.701. The molecule has 15 heavy (non-hydrogen) atoms. The highest BCUT2D eigenvalue weighted by atomic mass is 32.2. The highest BCUT2D eigenvalue weighted by molar-refractivity contribution is 7.99. The molecule has 0 aliphatic heterocycles. The van der Waals surface area contributed by atoms with Crippen LogP contribution < -0.4 is 0 Å². The number of pyridine rings is 1. The monoisotopic (exact) mass is 229 g/mol. The van der Waals surface area contributed by atoms with Crippen LogP contribution in [0.25, 0.3) is 0 Å². The summed E-state index contributed by atoms with van der Waals surface area (Å²) in [7, 11) is 1.36. The third kappa shape index (κ3) is 3.87. The Morgan fingerprint density at radius 1 is 1.67 bits per heavy atom. The lowest BCUT2D eigenvalue weighted by atomic mass is 10.2. The van der Waals surface area contributed by atoms with Crippen molar-refractivity contribution < 1.29 is 13.9 Å². The molecule has 1 atom stereocenters. The maximum Gasteiger partial charge on any atom is 0.309 e. The Hall–Kier alpha value is -1.10. The third-order valence-corrected chi connectivity index (χ3v) is 2.99. The van der Waals surface area contributed by atoms with Gasteiger partial charge in [-0.2, -0.15) is 0 Å². The number of methoxy groups -OCH3 is 1. The van der Waals surface area contributed by atoms with E-state index >= 15 is 0 Å². The number of rotatable bonds is 4. The van der Waals surface area contributed by atoms with Crippen molar-refractivity contribution in [3.8, 4) is 0 Å². The van der Waals surface area contributed by atoms with Gasteiger partial charge in [0.05, 0.1) is 24.3 Å². The molecule has 5 heteroatoms. The van der Waals surface area contributed by atoms with Gasteiger partial charge in [-0.05, 0) is 12.1 Å². The molecular formula is C10H12FNO2S. The van der Waals surface area contributed by atoms with Crippen molar-refractivity contribution in [2.24, 2.45) is 5.92 Å². The van der Waals surface area contributed by atoms with Crippen molar-refractivity contribution in [3.63, 3.8) is 0 Å². The van der Waals surface area contributed by atoms with Gasteiger partial charge in [0.1, 0.15) is 5.82 Å². The topological polar surface area (TPSA) is 39.2 Å². The lowest BCUT2D eigenvalue weighted by molar-refractivity contribution is -0.143. The molecule has 0 amide bonds. The van der Waals surface area contributed by atoms with Crippen molar-refractivity contribution in [3.05, 3.63) is 24.1 Å². The lowest BCUT2D eigenvalue weighted by Crippen LogP contribution is -2.14. The molecule has 0 saturated heterocycles. The predicted molar refractivity (Wildman–Crippen MR) is 56.1 cm³/mol. The Bertz CT molecular complexity index is 329. The van der Waals surface area contributed by atoms with Crippen LogP contribution in [0.2, 0.25) is 0 Å². The number of aromatic nitrogens is 1. The fourth-order valence-electron chi connectivity index (χ4n) is 0.927. The highest BCUT2D eigenvalue weighted by Gasteiger charge is 2.13. The van der Waals surface area contributed by atoms with Gasteiger partial charge in [-0.3, -0.25) is 4.79 Å². The first kappa shape index (κ1) is 12.0. The van der Waals surface area contributed by atoms with E-state index in [0.29, 0.717) is 10.8 Å². The maximum atomic E-state index is 12.5. The second-order valence-corrected chi connectivity index (χ2v) is 4.09. The Labute approximate surface area is 92.0 Å². The van der Waals surface area contributed by atoms with E-state index in [0.717, 1.165) is 6.20 Å². The third-order valence-electron chi connectivity index (χ3n) is 1.79. The van der Waals surface area contributed by atoms with Crippen LogP contribution in [-0.2, 0) is 9.53 Å². The highest BCUT2D eigenvalue weighted by Crippen LogP contribution is 2.18. The van der Waals surface area contributed by atoms with E-state index in [4.69, 9.17) is 0 Å². The number of hydrogen-bond donors (Lipinski definition) is 0. The minimum absolute atomic E-state index is 0.188. The molecule has 1 aromatic heterocycles. The number of esters is 1. The van der Waals surface area contributed by atoms with Gasteiger partial charge in [0.15, 0.2) is 0 Å². The van der Waals surface area contributed by atoms with E-state index in [1.165, 1.54) is 24.9 Å². The molecule has 0 fully saturated rings. The number of halogens is 1. The SMILES string of the molecule is COC(=O)C(C)CSc1ccc(F)cn1. The largest absolute Gasteiger partial charge is 0.469 e. The van der Waals surface area contributed by atoms with Crippen LogP contribution in [0, 0.1) is 11.7 Å². The van der Waals surface area contributed by atoms with Crippen LogP contribution in [0.15, 0.2) is 23.4 Å². The molecule has 1 unspecified atom stereocenters. The predicted octanol–water partition coefficient (Wildman–Crippen LogP) is 2.12. The molecule has 3 nitrogen and oxygen atoms in total. The van der Waals surface area contributed by atoms with E-state index < -0.39 is 0 Å². The van der Waals surface area contributed by atoms with Gasteiger partial charge in [0.2, 0.25) is 0 Å². The average molecular weight is 229 g/mol. The normalized spacial score (nSPS) is 12.2. The summed E-state index contributed by atoms with van der Waals surface area (Å²) in [6.07, 6.45) is 1.16. The van der Waals surface area contributed by atoms with E-state index in [1.54, 1.807) is 13.0 Å². The molecule has 1 aromatic rings. The standard InChI is InChI=1S/C10H12FNO2S/c1-7(10(13)14-2)6-15-9-4-3-8(11)5-12-9/h3-5,7H,6H2,1-2H3. The zero-order valence-corrected chi connectivity index (χ0v) is 9.38. The molecular weight excluding hydrogens is 217 g/mol. The molecule has 0 aromatic carbocycles. The minimum Gasteiger partial charge on any atom is -0.469 e. The second-order valence-electron chi connectivity index (χ2n) is 3.05. The van der Waals surface area contributed by atoms with Crippen LogP contribution in [0.4, 0.5) is 4.39 Å². The lowest BCUT2D eigenvalue weighted by Gasteiger charge is -2.07. The smallest absolute Gasteiger partial charge is 0.309 e. The molecule has 1 heterocycles. The summed E-state index contributed by atoms with van der Waals surface area (Å²) in [4.78, 5) is 14.9. The fourth-order valence-corrected chi connectivity index (χ4v) is 1.78. The summed E-state index contributed by atoms with van der Waals surface area (Å²) in [5.41, 5.74) is 0. The number of thioether (sulfide) groups is 1. The molecule has 1 rings (SSSR count). The van der Waals surface area contributed by atoms with Crippen LogP contribution in [0.5, 0.6) is 0 Å². The van der Waals surface area contributed by atoms with Gasteiger partial charge < -0.3 is 4.74 Å². The number of nitrogens with zero attached hydrogens (tertiary/aromatic N) is 1. The van der Waals surface area contributed by atoms with Crippen LogP contribution >= 0.6 is 11.8 Å². The number of hydrogen-bond acceptors (Lipinski definition) is 4. The van der Waals surface area contributed by atoms with E-state index in [9.17, 15) is 9.18 Å². The summed E-state index contributed by atoms with van der Waals surface area (Å²) in [6, 6.07) is 2.93. The van der Waals surface area contributed by atoms with Gasteiger partial charge in [-0.25, -0.2) is 9.37 Å². The molecule has 0 saturated carbocycles. The summed E-state index contributed by atoms with van der Waals surface area (Å²) < 4.78 is 17.1. The molecule has 0 aliphatic carbocycles. The molecule has 0 radical (unpaired) electrons. The molecule has 0 spiro atoms. The van der Waals surface area contributed by atoms with Crippen LogP contribution in [-0.4, -0.2) is 23.8 Å². The van der Waals surface area contributed by atoms with Crippen molar-refractivity contribution in [2.45, 2.75) is 11.9 Å². The van der Waals surface area contributed by atoms with E-state index in [-0.39, 0.29) is 17.7 Å².